The van der Waals surface area contributed by atoms with Crippen LogP contribution >= 0.6 is 15.9 Å². The average molecular weight is 327 g/mol. The number of urea groups is 1. The Morgan fingerprint density at radius 3 is 2.79 bits per heavy atom. The molecule has 0 aliphatic rings. The lowest BCUT2D eigenvalue weighted by Crippen LogP contribution is -2.44. The Labute approximate surface area is 122 Å². The molecular weight excluding hydrogens is 308 g/mol. The number of carbonyl (C=O) groups is 1. The van der Waals surface area contributed by atoms with E-state index in [-0.39, 0.29) is 12.0 Å². The highest BCUT2D eigenvalue weighted by Gasteiger charge is 2.16. The van der Waals surface area contributed by atoms with Gasteiger partial charge in [0, 0.05) is 18.1 Å². The lowest BCUT2D eigenvalue weighted by Gasteiger charge is -2.21. The molecule has 0 aliphatic carbocycles. The summed E-state index contributed by atoms with van der Waals surface area (Å²) >= 11 is 3.44. The molecule has 0 unspecified atom stereocenters. The number of rotatable bonds is 3. The van der Waals surface area contributed by atoms with Crippen molar-refractivity contribution in [2.24, 2.45) is 10.7 Å². The Kier molecular flexibility index (Phi) is 5.82. The van der Waals surface area contributed by atoms with Crippen LogP contribution in [0.15, 0.2) is 27.7 Å². The van der Waals surface area contributed by atoms with Crippen molar-refractivity contribution < 1.29 is 4.79 Å². The van der Waals surface area contributed by atoms with Gasteiger partial charge < -0.3 is 5.73 Å². The number of aryl methyl sites for hydroxylation is 1. The number of guanidine groups is 1. The second-order valence-corrected chi connectivity index (χ2v) is 5.02. The molecule has 2 amide bonds. The monoisotopic (exact) mass is 326 g/mol. The maximum absolute atomic E-state index is 12.1. The van der Waals surface area contributed by atoms with Crippen molar-refractivity contribution in [1.29, 1.82) is 0 Å². The summed E-state index contributed by atoms with van der Waals surface area (Å²) in [5.41, 5.74) is 7.44. The third kappa shape index (κ3) is 4.24. The van der Waals surface area contributed by atoms with E-state index < -0.39 is 0 Å². The highest BCUT2D eigenvalue weighted by atomic mass is 79.9. The van der Waals surface area contributed by atoms with Gasteiger partial charge in [-0.05, 0) is 40.9 Å². The van der Waals surface area contributed by atoms with Gasteiger partial charge in [-0.2, -0.15) is 0 Å². The van der Waals surface area contributed by atoms with Crippen LogP contribution in [0.4, 0.5) is 10.5 Å². The van der Waals surface area contributed by atoms with E-state index in [1.165, 1.54) is 4.90 Å². The first-order chi connectivity index (χ1) is 8.97. The number of nitrogens with zero attached hydrogens (tertiary/aromatic N) is 2. The second-order valence-electron chi connectivity index (χ2n) is 4.16. The van der Waals surface area contributed by atoms with Crippen molar-refractivity contribution >= 4 is 33.6 Å². The van der Waals surface area contributed by atoms with Crippen molar-refractivity contribution in [2.75, 3.05) is 18.5 Å². The number of anilines is 1. The van der Waals surface area contributed by atoms with E-state index >= 15 is 0 Å². The molecule has 0 spiro atoms. The summed E-state index contributed by atoms with van der Waals surface area (Å²) in [6.07, 6.45) is 0.885. The van der Waals surface area contributed by atoms with Crippen LogP contribution < -0.4 is 16.0 Å². The SMILES string of the molecule is CCCN=C(N)NC(=O)N(C)c1c(C)cccc1Br. The number of halogens is 1. The number of para-hydroxylation sites is 1. The van der Waals surface area contributed by atoms with Gasteiger partial charge in [0.1, 0.15) is 0 Å². The van der Waals surface area contributed by atoms with Crippen molar-refractivity contribution in [3.63, 3.8) is 0 Å². The lowest BCUT2D eigenvalue weighted by atomic mass is 10.2. The van der Waals surface area contributed by atoms with E-state index in [0.29, 0.717) is 6.54 Å². The third-order valence-electron chi connectivity index (χ3n) is 2.57. The van der Waals surface area contributed by atoms with E-state index in [9.17, 15) is 4.79 Å². The minimum Gasteiger partial charge on any atom is -0.370 e. The molecule has 19 heavy (non-hydrogen) atoms. The molecule has 1 aromatic rings. The first-order valence-corrected chi connectivity index (χ1v) is 6.86. The molecule has 0 aliphatic heterocycles. The molecule has 104 valence electrons. The predicted molar refractivity (Wildman–Crippen MR) is 82.6 cm³/mol. The van der Waals surface area contributed by atoms with Gasteiger partial charge >= 0.3 is 6.03 Å². The van der Waals surface area contributed by atoms with Gasteiger partial charge in [0.05, 0.1) is 5.69 Å². The summed E-state index contributed by atoms with van der Waals surface area (Å²) in [6, 6.07) is 5.44. The summed E-state index contributed by atoms with van der Waals surface area (Å²) in [7, 11) is 1.69. The molecule has 5 nitrogen and oxygen atoms in total. The van der Waals surface area contributed by atoms with Crippen LogP contribution in [-0.4, -0.2) is 25.6 Å². The van der Waals surface area contributed by atoms with Crippen LogP contribution in [0.1, 0.15) is 18.9 Å². The average Bonchev–Trinajstić information content (AvgIpc) is 2.35. The van der Waals surface area contributed by atoms with Gasteiger partial charge in [0.2, 0.25) is 0 Å². The Morgan fingerprint density at radius 1 is 1.53 bits per heavy atom. The summed E-state index contributed by atoms with van der Waals surface area (Å²) in [6.45, 7) is 4.54. The number of hydrogen-bond acceptors (Lipinski definition) is 2. The maximum atomic E-state index is 12.1. The number of aliphatic imine (C=N–C) groups is 1. The van der Waals surface area contributed by atoms with Crippen molar-refractivity contribution in [2.45, 2.75) is 20.3 Å². The highest BCUT2D eigenvalue weighted by molar-refractivity contribution is 9.10. The molecule has 0 atom stereocenters. The first kappa shape index (κ1) is 15.5. The normalized spacial score (nSPS) is 11.3. The van der Waals surface area contributed by atoms with Crippen molar-refractivity contribution in [3.05, 3.63) is 28.2 Å². The Balaban J connectivity index is 2.83. The van der Waals surface area contributed by atoms with Gasteiger partial charge in [-0.15, -0.1) is 0 Å². The van der Waals surface area contributed by atoms with Crippen LogP contribution in [0.25, 0.3) is 0 Å². The lowest BCUT2D eigenvalue weighted by molar-refractivity contribution is 0.251. The molecule has 1 rings (SSSR count). The quantitative estimate of drug-likeness (QED) is 0.662. The summed E-state index contributed by atoms with van der Waals surface area (Å²) in [4.78, 5) is 17.6. The molecule has 3 N–H and O–H groups in total. The van der Waals surface area contributed by atoms with Gasteiger partial charge in [-0.1, -0.05) is 19.1 Å². The van der Waals surface area contributed by atoms with E-state index in [0.717, 1.165) is 22.1 Å². The molecule has 0 saturated heterocycles. The topological polar surface area (TPSA) is 70.7 Å². The molecule has 6 heteroatoms. The second kappa shape index (κ2) is 7.13. The molecule has 0 aromatic heterocycles. The van der Waals surface area contributed by atoms with Gasteiger partial charge in [0.25, 0.3) is 0 Å². The van der Waals surface area contributed by atoms with E-state index in [1.54, 1.807) is 7.05 Å². The summed E-state index contributed by atoms with van der Waals surface area (Å²) in [5, 5.41) is 2.56. The van der Waals surface area contributed by atoms with Crippen molar-refractivity contribution in [3.8, 4) is 0 Å². The van der Waals surface area contributed by atoms with Crippen LogP contribution in [0.3, 0.4) is 0 Å². The number of benzene rings is 1. The molecule has 0 heterocycles. The fraction of sp³-hybridized carbons (Fsp3) is 0.385. The molecule has 1 aromatic carbocycles. The van der Waals surface area contributed by atoms with Gasteiger partial charge in [-0.3, -0.25) is 15.2 Å². The Bertz CT molecular complexity index is 467. The van der Waals surface area contributed by atoms with Crippen LogP contribution in [0.5, 0.6) is 0 Å². The van der Waals surface area contributed by atoms with Crippen LogP contribution in [0.2, 0.25) is 0 Å². The maximum Gasteiger partial charge on any atom is 0.328 e. The fourth-order valence-corrected chi connectivity index (χ4v) is 2.35. The number of nitrogens with two attached hydrogens (primary N) is 1. The Hall–Kier alpha value is -1.56. The summed E-state index contributed by atoms with van der Waals surface area (Å²) in [5.74, 6) is 0.142. The van der Waals surface area contributed by atoms with E-state index in [4.69, 9.17) is 5.73 Å². The molecule has 0 bridgehead atoms. The number of amides is 2. The zero-order valence-electron chi connectivity index (χ0n) is 11.4. The molecule has 0 radical (unpaired) electrons. The van der Waals surface area contributed by atoms with E-state index in [2.05, 4.69) is 26.2 Å². The molecular formula is C13H19BrN4O. The van der Waals surface area contributed by atoms with Crippen LogP contribution in [-0.2, 0) is 0 Å². The number of nitrogens with one attached hydrogen (secondary N) is 1. The van der Waals surface area contributed by atoms with Gasteiger partial charge in [-0.25, -0.2) is 4.79 Å². The van der Waals surface area contributed by atoms with Crippen molar-refractivity contribution in [1.82, 2.24) is 5.32 Å². The van der Waals surface area contributed by atoms with Gasteiger partial charge in [0.15, 0.2) is 5.96 Å². The van der Waals surface area contributed by atoms with Crippen LogP contribution in [0, 0.1) is 6.92 Å². The smallest absolute Gasteiger partial charge is 0.328 e. The summed E-state index contributed by atoms with van der Waals surface area (Å²) < 4.78 is 0.856. The third-order valence-corrected chi connectivity index (χ3v) is 3.21. The number of hydrogen-bond donors (Lipinski definition) is 2. The Morgan fingerprint density at radius 2 is 2.21 bits per heavy atom. The molecule has 0 fully saturated rings. The predicted octanol–water partition coefficient (Wildman–Crippen LogP) is 2.63. The fourth-order valence-electron chi connectivity index (χ4n) is 1.61. The van der Waals surface area contributed by atoms with E-state index in [1.807, 2.05) is 32.0 Å². The molecule has 0 saturated carbocycles. The largest absolute Gasteiger partial charge is 0.370 e. The highest BCUT2D eigenvalue weighted by Crippen LogP contribution is 2.28. The first-order valence-electron chi connectivity index (χ1n) is 6.07. The zero-order valence-corrected chi connectivity index (χ0v) is 13.0. The minimum atomic E-state index is -0.313. The minimum absolute atomic E-state index is 0.142. The number of carbonyl (C=O) groups excluding carboxylic acids is 1. The zero-order chi connectivity index (χ0) is 14.4. The standard InChI is InChI=1S/C13H19BrN4O/c1-4-8-16-12(15)17-13(19)18(3)11-9(2)6-5-7-10(11)14/h5-7H,4,8H2,1-3H3,(H3,15,16,17,19).